The van der Waals surface area contributed by atoms with E-state index in [1.54, 1.807) is 30.2 Å². The highest BCUT2D eigenvalue weighted by Crippen LogP contribution is 2.23. The van der Waals surface area contributed by atoms with Gasteiger partial charge >= 0.3 is 5.97 Å². The van der Waals surface area contributed by atoms with Crippen molar-refractivity contribution in [3.8, 4) is 11.3 Å². The molecule has 0 aliphatic rings. The van der Waals surface area contributed by atoms with Crippen LogP contribution >= 0.6 is 11.8 Å². The van der Waals surface area contributed by atoms with Gasteiger partial charge in [0, 0.05) is 24.4 Å². The third-order valence-electron chi connectivity index (χ3n) is 3.07. The minimum atomic E-state index is -0.984. The van der Waals surface area contributed by atoms with E-state index in [1.165, 1.54) is 0 Å². The molecule has 2 aromatic rings. The molecule has 116 valence electrons. The molecule has 0 radical (unpaired) electrons. The molecule has 22 heavy (non-hydrogen) atoms. The van der Waals surface area contributed by atoms with Crippen LogP contribution in [-0.4, -0.2) is 31.8 Å². The summed E-state index contributed by atoms with van der Waals surface area (Å²) in [5.41, 5.74) is 2.57. The van der Waals surface area contributed by atoms with Crippen molar-refractivity contribution in [2.45, 2.75) is 26.7 Å². The molecular formula is C16H19N3O2S. The van der Waals surface area contributed by atoms with Gasteiger partial charge in [0.25, 0.3) is 0 Å². The van der Waals surface area contributed by atoms with Crippen molar-refractivity contribution in [3.05, 3.63) is 47.0 Å². The lowest BCUT2D eigenvalue weighted by molar-refractivity contribution is 0.0691. The maximum Gasteiger partial charge on any atom is 0.352 e. The summed E-state index contributed by atoms with van der Waals surface area (Å²) in [7, 11) is 0. The van der Waals surface area contributed by atoms with E-state index in [2.05, 4.69) is 28.5 Å². The molecule has 0 fully saturated rings. The Morgan fingerprint density at radius 3 is 2.91 bits per heavy atom. The number of hydrogen-bond donors (Lipinski definition) is 2. The van der Waals surface area contributed by atoms with Crippen LogP contribution in [0.25, 0.3) is 11.3 Å². The summed E-state index contributed by atoms with van der Waals surface area (Å²) in [6.07, 6.45) is 5.14. The third-order valence-corrected chi connectivity index (χ3v) is 4.24. The molecule has 2 aromatic heterocycles. The number of aromatic carboxylic acids is 1. The number of carbonyl (C=O) groups is 1. The first-order valence-electron chi connectivity index (χ1n) is 7.06. The van der Waals surface area contributed by atoms with Crippen molar-refractivity contribution >= 4 is 17.7 Å². The number of hydrogen-bond acceptors (Lipinski definition) is 4. The largest absolute Gasteiger partial charge is 0.477 e. The van der Waals surface area contributed by atoms with Crippen LogP contribution in [0.3, 0.4) is 0 Å². The van der Waals surface area contributed by atoms with Gasteiger partial charge in [-0.05, 0) is 35.6 Å². The zero-order valence-corrected chi connectivity index (χ0v) is 13.5. The van der Waals surface area contributed by atoms with E-state index in [-0.39, 0.29) is 5.69 Å². The quantitative estimate of drug-likeness (QED) is 0.814. The highest BCUT2D eigenvalue weighted by atomic mass is 32.2. The number of rotatable bonds is 7. The summed E-state index contributed by atoms with van der Waals surface area (Å²) in [5, 5.41) is 8.99. The van der Waals surface area contributed by atoms with Crippen LogP contribution < -0.4 is 0 Å². The van der Waals surface area contributed by atoms with Gasteiger partial charge in [0.05, 0.1) is 5.69 Å². The van der Waals surface area contributed by atoms with Crippen molar-refractivity contribution < 1.29 is 9.90 Å². The van der Waals surface area contributed by atoms with E-state index in [1.807, 2.05) is 6.92 Å². The topological polar surface area (TPSA) is 78.9 Å². The highest BCUT2D eigenvalue weighted by molar-refractivity contribution is 8.03. The number of nitrogens with zero attached hydrogens (tertiary/aromatic N) is 2. The van der Waals surface area contributed by atoms with Gasteiger partial charge in [0.2, 0.25) is 0 Å². The molecule has 0 bridgehead atoms. The number of carboxylic acids is 1. The smallest absolute Gasteiger partial charge is 0.352 e. The highest BCUT2D eigenvalue weighted by Gasteiger charge is 2.12. The van der Waals surface area contributed by atoms with Gasteiger partial charge in [-0.15, -0.1) is 11.8 Å². The predicted molar refractivity (Wildman–Crippen MR) is 89.1 cm³/mol. The van der Waals surface area contributed by atoms with Gasteiger partial charge in [-0.2, -0.15) is 0 Å². The Labute approximate surface area is 133 Å². The summed E-state index contributed by atoms with van der Waals surface area (Å²) < 4.78 is 0. The van der Waals surface area contributed by atoms with Crippen LogP contribution in [0.15, 0.2) is 29.9 Å². The molecule has 0 atom stereocenters. The van der Waals surface area contributed by atoms with Crippen LogP contribution in [0.4, 0.5) is 0 Å². The van der Waals surface area contributed by atoms with E-state index in [4.69, 9.17) is 5.11 Å². The first kappa shape index (κ1) is 16.3. The molecule has 2 N–H and O–H groups in total. The number of H-pyrrole nitrogens is 1. The normalized spacial score (nSPS) is 10.6. The zero-order valence-electron chi connectivity index (χ0n) is 12.7. The van der Waals surface area contributed by atoms with Crippen LogP contribution in [0.1, 0.15) is 35.2 Å². The number of aromatic amines is 1. The second kappa shape index (κ2) is 7.26. The van der Waals surface area contributed by atoms with Gasteiger partial charge < -0.3 is 10.1 Å². The van der Waals surface area contributed by atoms with Crippen molar-refractivity contribution in [1.29, 1.82) is 0 Å². The molecule has 2 heterocycles. The molecule has 0 aliphatic heterocycles. The Balaban J connectivity index is 2.22. The molecule has 0 aromatic carbocycles. The van der Waals surface area contributed by atoms with Crippen molar-refractivity contribution in [2.24, 2.45) is 0 Å². The van der Waals surface area contributed by atoms with Crippen LogP contribution in [0, 0.1) is 6.92 Å². The SMILES string of the molecule is C=C(Cc1ncc(C)c(-c2c[nH]c(C(=O)O)c2)n1)SCCC. The Kier molecular flexibility index (Phi) is 5.38. The molecule has 5 nitrogen and oxygen atoms in total. The van der Waals surface area contributed by atoms with Gasteiger partial charge in [-0.1, -0.05) is 13.5 Å². The maximum atomic E-state index is 11.0. The molecule has 0 saturated carbocycles. The average molecular weight is 317 g/mol. The molecular weight excluding hydrogens is 298 g/mol. The van der Waals surface area contributed by atoms with Crippen molar-refractivity contribution in [1.82, 2.24) is 15.0 Å². The summed E-state index contributed by atoms with van der Waals surface area (Å²) in [6.45, 7) is 8.08. The average Bonchev–Trinajstić information content (AvgIpc) is 2.97. The molecule has 0 aliphatic carbocycles. The summed E-state index contributed by atoms with van der Waals surface area (Å²) >= 11 is 1.73. The number of allylic oxidation sites excluding steroid dienone is 1. The fourth-order valence-electron chi connectivity index (χ4n) is 1.98. The minimum absolute atomic E-state index is 0.150. The second-order valence-corrected chi connectivity index (χ2v) is 6.26. The van der Waals surface area contributed by atoms with E-state index in [9.17, 15) is 4.79 Å². The number of aryl methyl sites for hydroxylation is 1. The van der Waals surface area contributed by atoms with E-state index < -0.39 is 5.97 Å². The second-order valence-electron chi connectivity index (χ2n) is 4.99. The number of carboxylic acid groups (broad SMARTS) is 1. The fraction of sp³-hybridized carbons (Fsp3) is 0.312. The monoisotopic (exact) mass is 317 g/mol. The first-order valence-corrected chi connectivity index (χ1v) is 8.05. The van der Waals surface area contributed by atoms with Gasteiger partial charge in [-0.3, -0.25) is 0 Å². The molecule has 6 heteroatoms. The lowest BCUT2D eigenvalue weighted by atomic mass is 10.1. The Morgan fingerprint density at radius 1 is 1.50 bits per heavy atom. The van der Waals surface area contributed by atoms with Gasteiger partial charge in [0.1, 0.15) is 11.5 Å². The number of nitrogens with one attached hydrogen (secondary N) is 1. The summed E-state index contributed by atoms with van der Waals surface area (Å²) in [4.78, 5) is 23.6. The molecule has 0 unspecified atom stereocenters. The third kappa shape index (κ3) is 3.98. The predicted octanol–water partition coefficient (Wildman–Crippen LogP) is 3.68. The van der Waals surface area contributed by atoms with Crippen LogP contribution in [-0.2, 0) is 6.42 Å². The van der Waals surface area contributed by atoms with E-state index >= 15 is 0 Å². The van der Waals surface area contributed by atoms with Gasteiger partial charge in [-0.25, -0.2) is 14.8 Å². The Bertz CT molecular complexity index is 694. The molecule has 2 rings (SSSR count). The van der Waals surface area contributed by atoms with E-state index in [0.29, 0.717) is 12.2 Å². The van der Waals surface area contributed by atoms with Crippen LogP contribution in [0.2, 0.25) is 0 Å². The van der Waals surface area contributed by atoms with Crippen LogP contribution in [0.5, 0.6) is 0 Å². The fourth-order valence-corrected chi connectivity index (χ4v) is 2.71. The summed E-state index contributed by atoms with van der Waals surface area (Å²) in [5.74, 6) is 0.756. The molecule has 0 amide bonds. The van der Waals surface area contributed by atoms with E-state index in [0.717, 1.165) is 33.9 Å². The lowest BCUT2D eigenvalue weighted by Gasteiger charge is -2.07. The number of thioether (sulfide) groups is 1. The lowest BCUT2D eigenvalue weighted by Crippen LogP contribution is -2.00. The zero-order chi connectivity index (χ0) is 16.1. The minimum Gasteiger partial charge on any atom is -0.477 e. The Morgan fingerprint density at radius 2 is 2.27 bits per heavy atom. The standard InChI is InChI=1S/C16H19N3O2S/c1-4-5-22-11(3)6-14-18-8-10(2)15(19-14)12-7-13(16(20)21)17-9-12/h7-9,17H,3-6H2,1-2H3,(H,20,21). The summed E-state index contributed by atoms with van der Waals surface area (Å²) in [6, 6.07) is 1.59. The molecule has 0 spiro atoms. The maximum absolute atomic E-state index is 11.0. The van der Waals surface area contributed by atoms with Crippen molar-refractivity contribution in [3.63, 3.8) is 0 Å². The number of aromatic nitrogens is 3. The first-order chi connectivity index (χ1) is 10.5. The van der Waals surface area contributed by atoms with Crippen molar-refractivity contribution in [2.75, 3.05) is 5.75 Å². The Hall–Kier alpha value is -2.08. The molecule has 0 saturated heterocycles. The van der Waals surface area contributed by atoms with Gasteiger partial charge in [0.15, 0.2) is 0 Å².